The van der Waals surface area contributed by atoms with Gasteiger partial charge in [-0.1, -0.05) is 24.6 Å². The summed E-state index contributed by atoms with van der Waals surface area (Å²) < 4.78 is 17.6. The van der Waals surface area contributed by atoms with Crippen molar-refractivity contribution in [3.8, 4) is 5.75 Å². The van der Waals surface area contributed by atoms with Gasteiger partial charge in [0.25, 0.3) is 0 Å². The van der Waals surface area contributed by atoms with Crippen LogP contribution >= 0.6 is 0 Å². The highest BCUT2D eigenvalue weighted by Gasteiger charge is 2.03. The lowest BCUT2D eigenvalue weighted by atomic mass is 10.1. The third-order valence-corrected chi connectivity index (χ3v) is 2.49. The molecule has 2 nitrogen and oxygen atoms in total. The minimum atomic E-state index is -0.324. The molecule has 17 heavy (non-hydrogen) atoms. The highest BCUT2D eigenvalue weighted by Crippen LogP contribution is 2.20. The molecule has 96 valence electrons. The quantitative estimate of drug-likeness (QED) is 0.703. The van der Waals surface area contributed by atoms with Crippen LogP contribution in [0.3, 0.4) is 0 Å². The van der Waals surface area contributed by atoms with E-state index in [1.54, 1.807) is 0 Å². The van der Waals surface area contributed by atoms with Crippen LogP contribution in [0.2, 0.25) is 0 Å². The van der Waals surface area contributed by atoms with E-state index in [1.165, 1.54) is 5.56 Å². The topological polar surface area (TPSA) is 21.3 Å². The normalized spacial score (nSPS) is 10.5. The van der Waals surface area contributed by atoms with Gasteiger partial charge in [-0.2, -0.15) is 0 Å². The molecule has 0 aliphatic carbocycles. The zero-order valence-corrected chi connectivity index (χ0v) is 10.8. The first-order chi connectivity index (χ1) is 8.27. The summed E-state index contributed by atoms with van der Waals surface area (Å²) in [5, 5.41) is 3.36. The highest BCUT2D eigenvalue weighted by molar-refractivity contribution is 5.36. The van der Waals surface area contributed by atoms with Gasteiger partial charge in [0.05, 0.1) is 13.3 Å². The van der Waals surface area contributed by atoms with Gasteiger partial charge in [-0.25, -0.2) is 0 Å². The predicted octanol–water partition coefficient (Wildman–Crippen LogP) is 3.23. The Morgan fingerprint density at radius 2 is 2.18 bits per heavy atom. The summed E-state index contributed by atoms with van der Waals surface area (Å²) in [7, 11) is 0. The average molecular weight is 239 g/mol. The van der Waals surface area contributed by atoms with Gasteiger partial charge in [0.15, 0.2) is 0 Å². The Morgan fingerprint density at radius 1 is 1.35 bits per heavy atom. The van der Waals surface area contributed by atoms with Gasteiger partial charge in [-0.3, -0.25) is 4.39 Å². The van der Waals surface area contributed by atoms with E-state index in [0.29, 0.717) is 13.0 Å². The Kier molecular flexibility index (Phi) is 6.63. The van der Waals surface area contributed by atoms with Crippen molar-refractivity contribution in [2.75, 3.05) is 19.8 Å². The van der Waals surface area contributed by atoms with Crippen LogP contribution in [0.1, 0.15) is 30.9 Å². The molecule has 0 aromatic heterocycles. The van der Waals surface area contributed by atoms with Crippen LogP contribution in [0.4, 0.5) is 4.39 Å². The Balaban J connectivity index is 2.59. The largest absolute Gasteiger partial charge is 0.493 e. The molecule has 0 saturated carbocycles. The average Bonchev–Trinajstić information content (AvgIpc) is 2.32. The van der Waals surface area contributed by atoms with E-state index in [0.717, 1.165) is 30.8 Å². The van der Waals surface area contributed by atoms with Crippen LogP contribution in [0, 0.1) is 6.92 Å². The van der Waals surface area contributed by atoms with E-state index in [1.807, 2.05) is 12.1 Å². The third-order valence-electron chi connectivity index (χ3n) is 2.49. The zero-order valence-electron chi connectivity index (χ0n) is 10.8. The summed E-state index contributed by atoms with van der Waals surface area (Å²) in [6.45, 7) is 6.13. The molecule has 0 bridgehead atoms. The second-order valence-electron chi connectivity index (χ2n) is 4.18. The molecule has 0 fully saturated rings. The van der Waals surface area contributed by atoms with Crippen molar-refractivity contribution in [2.24, 2.45) is 0 Å². The molecule has 1 rings (SSSR count). The second kappa shape index (κ2) is 8.07. The minimum Gasteiger partial charge on any atom is -0.493 e. The fourth-order valence-electron chi connectivity index (χ4n) is 1.62. The predicted molar refractivity (Wildman–Crippen MR) is 69.3 cm³/mol. The molecule has 1 aromatic rings. The monoisotopic (exact) mass is 239 g/mol. The van der Waals surface area contributed by atoms with Gasteiger partial charge in [0.1, 0.15) is 5.75 Å². The molecule has 0 atom stereocenters. The number of ether oxygens (including phenoxy) is 1. The summed E-state index contributed by atoms with van der Waals surface area (Å²) in [5.41, 5.74) is 2.37. The summed E-state index contributed by atoms with van der Waals surface area (Å²) in [4.78, 5) is 0. The van der Waals surface area contributed by atoms with Crippen molar-refractivity contribution in [1.82, 2.24) is 5.32 Å². The van der Waals surface area contributed by atoms with Crippen molar-refractivity contribution in [3.05, 3.63) is 29.3 Å². The number of hydrogen-bond donors (Lipinski definition) is 1. The van der Waals surface area contributed by atoms with E-state index in [9.17, 15) is 4.39 Å². The fraction of sp³-hybridized carbons (Fsp3) is 0.571. The minimum absolute atomic E-state index is 0.324. The first-order valence-electron chi connectivity index (χ1n) is 6.27. The third kappa shape index (κ3) is 5.18. The van der Waals surface area contributed by atoms with E-state index in [2.05, 4.69) is 25.2 Å². The van der Waals surface area contributed by atoms with Gasteiger partial charge in [-0.15, -0.1) is 0 Å². The van der Waals surface area contributed by atoms with Crippen molar-refractivity contribution in [2.45, 2.75) is 33.2 Å². The van der Waals surface area contributed by atoms with Crippen molar-refractivity contribution < 1.29 is 9.13 Å². The number of alkyl halides is 1. The summed E-state index contributed by atoms with van der Waals surface area (Å²) >= 11 is 0. The van der Waals surface area contributed by atoms with Crippen LogP contribution in [-0.4, -0.2) is 19.8 Å². The maximum Gasteiger partial charge on any atom is 0.123 e. The molecule has 1 aromatic carbocycles. The molecule has 0 spiro atoms. The van der Waals surface area contributed by atoms with Crippen LogP contribution < -0.4 is 10.1 Å². The van der Waals surface area contributed by atoms with Gasteiger partial charge in [-0.05, 0) is 26.0 Å². The molecule has 0 aliphatic rings. The second-order valence-corrected chi connectivity index (χ2v) is 4.18. The Labute approximate surface area is 103 Å². The lowest BCUT2D eigenvalue weighted by Crippen LogP contribution is -2.15. The van der Waals surface area contributed by atoms with Crippen LogP contribution in [0.5, 0.6) is 5.75 Å². The maximum absolute atomic E-state index is 12.0. The van der Waals surface area contributed by atoms with E-state index in [-0.39, 0.29) is 6.67 Å². The Bertz CT molecular complexity index is 328. The molecule has 0 saturated heterocycles. The molecule has 0 heterocycles. The lowest BCUT2D eigenvalue weighted by molar-refractivity contribution is 0.286. The first-order valence-corrected chi connectivity index (χ1v) is 6.27. The molecular formula is C14H22FNO. The molecule has 0 radical (unpaired) electrons. The van der Waals surface area contributed by atoms with Crippen molar-refractivity contribution in [3.63, 3.8) is 0 Å². The molecule has 0 unspecified atom stereocenters. The summed E-state index contributed by atoms with van der Waals surface area (Å²) in [6, 6.07) is 6.11. The number of aryl methyl sites for hydroxylation is 1. The number of benzene rings is 1. The van der Waals surface area contributed by atoms with Crippen molar-refractivity contribution >= 4 is 0 Å². The zero-order chi connectivity index (χ0) is 12.5. The number of halogens is 1. The standard InChI is InChI=1S/C14H22FNO/c1-3-8-16-11-13-10-12(2)5-6-14(13)17-9-4-7-15/h5-6,10,16H,3-4,7-9,11H2,1-2H3. The number of nitrogens with one attached hydrogen (secondary N) is 1. The Hall–Kier alpha value is -1.09. The van der Waals surface area contributed by atoms with Crippen LogP contribution in [0.15, 0.2) is 18.2 Å². The van der Waals surface area contributed by atoms with Gasteiger partial charge < -0.3 is 10.1 Å². The maximum atomic E-state index is 12.0. The highest BCUT2D eigenvalue weighted by atomic mass is 19.1. The lowest BCUT2D eigenvalue weighted by Gasteiger charge is -2.12. The van der Waals surface area contributed by atoms with Crippen molar-refractivity contribution in [1.29, 1.82) is 0 Å². The van der Waals surface area contributed by atoms with Crippen LogP contribution in [0.25, 0.3) is 0 Å². The first kappa shape index (κ1) is 14.0. The number of rotatable bonds is 8. The SMILES string of the molecule is CCCNCc1cc(C)ccc1OCCCF. The van der Waals surface area contributed by atoms with Gasteiger partial charge in [0.2, 0.25) is 0 Å². The number of hydrogen-bond acceptors (Lipinski definition) is 2. The molecule has 3 heteroatoms. The van der Waals surface area contributed by atoms with Crippen LogP contribution in [-0.2, 0) is 6.54 Å². The smallest absolute Gasteiger partial charge is 0.123 e. The fourth-order valence-corrected chi connectivity index (χ4v) is 1.62. The van der Waals surface area contributed by atoms with E-state index >= 15 is 0 Å². The van der Waals surface area contributed by atoms with E-state index in [4.69, 9.17) is 4.74 Å². The molecule has 0 aliphatic heterocycles. The van der Waals surface area contributed by atoms with Gasteiger partial charge in [0, 0.05) is 18.5 Å². The summed E-state index contributed by atoms with van der Waals surface area (Å²) in [6.07, 6.45) is 1.57. The molecule has 0 amide bonds. The Morgan fingerprint density at radius 3 is 2.88 bits per heavy atom. The summed E-state index contributed by atoms with van der Waals surface area (Å²) in [5.74, 6) is 0.868. The molecular weight excluding hydrogens is 217 g/mol. The van der Waals surface area contributed by atoms with Gasteiger partial charge >= 0.3 is 0 Å². The molecule has 1 N–H and O–H groups in total. The van der Waals surface area contributed by atoms with E-state index < -0.39 is 0 Å².